The van der Waals surface area contributed by atoms with Gasteiger partial charge in [-0.3, -0.25) is 0 Å². The molecule has 0 radical (unpaired) electrons. The minimum Gasteiger partial charge on any atom is -0.379 e. The van der Waals surface area contributed by atoms with E-state index in [1.807, 2.05) is 20.0 Å². The lowest BCUT2D eigenvalue weighted by Gasteiger charge is -2.06. The van der Waals surface area contributed by atoms with E-state index in [0.29, 0.717) is 25.6 Å². The number of ether oxygens (including phenoxy) is 2. The van der Waals surface area contributed by atoms with Crippen molar-refractivity contribution in [2.45, 2.75) is 26.9 Å². The van der Waals surface area contributed by atoms with Crippen molar-refractivity contribution in [2.75, 3.05) is 32.2 Å². The summed E-state index contributed by atoms with van der Waals surface area (Å²) in [7, 11) is 1.84. The first-order valence-electron chi connectivity index (χ1n) is 5.94. The SMILES string of the molecule is CCCOCCOCc1nc(C)cc(NC)n1. The number of rotatable bonds is 8. The fourth-order valence-electron chi connectivity index (χ4n) is 1.35. The summed E-state index contributed by atoms with van der Waals surface area (Å²) >= 11 is 0. The molecule has 0 saturated carbocycles. The lowest BCUT2D eigenvalue weighted by atomic mass is 10.4. The highest BCUT2D eigenvalue weighted by atomic mass is 16.5. The number of hydrogen-bond acceptors (Lipinski definition) is 5. The molecule has 1 rings (SSSR count). The van der Waals surface area contributed by atoms with Crippen LogP contribution in [0.3, 0.4) is 0 Å². The zero-order valence-electron chi connectivity index (χ0n) is 10.8. The van der Waals surface area contributed by atoms with Crippen LogP contribution in [0.15, 0.2) is 6.07 Å². The minimum absolute atomic E-state index is 0.422. The van der Waals surface area contributed by atoms with E-state index in [-0.39, 0.29) is 0 Å². The van der Waals surface area contributed by atoms with E-state index in [1.165, 1.54) is 0 Å². The molecule has 0 aromatic carbocycles. The molecule has 1 aromatic rings. The summed E-state index contributed by atoms with van der Waals surface area (Å²) in [5, 5.41) is 3.00. The van der Waals surface area contributed by atoms with Gasteiger partial charge >= 0.3 is 0 Å². The normalized spacial score (nSPS) is 10.5. The van der Waals surface area contributed by atoms with Gasteiger partial charge in [-0.25, -0.2) is 9.97 Å². The molecule has 1 heterocycles. The second-order valence-electron chi connectivity index (χ2n) is 3.73. The highest BCUT2D eigenvalue weighted by Crippen LogP contribution is 2.05. The number of nitrogens with one attached hydrogen (secondary N) is 1. The highest BCUT2D eigenvalue weighted by molar-refractivity contribution is 5.34. The van der Waals surface area contributed by atoms with Gasteiger partial charge in [0.15, 0.2) is 5.82 Å². The smallest absolute Gasteiger partial charge is 0.156 e. The van der Waals surface area contributed by atoms with E-state index in [9.17, 15) is 0 Å². The van der Waals surface area contributed by atoms with Gasteiger partial charge in [-0.15, -0.1) is 0 Å². The maximum Gasteiger partial charge on any atom is 0.156 e. The molecule has 0 bridgehead atoms. The summed E-state index contributed by atoms with van der Waals surface area (Å²) in [5.41, 5.74) is 0.935. The number of anilines is 1. The summed E-state index contributed by atoms with van der Waals surface area (Å²) in [5.74, 6) is 1.52. The van der Waals surface area contributed by atoms with E-state index >= 15 is 0 Å². The van der Waals surface area contributed by atoms with Crippen LogP contribution in [-0.4, -0.2) is 36.8 Å². The van der Waals surface area contributed by atoms with Gasteiger partial charge in [0.1, 0.15) is 12.4 Å². The summed E-state index contributed by atoms with van der Waals surface area (Å²) in [6, 6.07) is 1.90. The molecular formula is C12H21N3O2. The van der Waals surface area contributed by atoms with Crippen LogP contribution in [0.25, 0.3) is 0 Å². The summed E-state index contributed by atoms with van der Waals surface area (Å²) < 4.78 is 10.8. The molecule has 17 heavy (non-hydrogen) atoms. The van der Waals surface area contributed by atoms with Crippen molar-refractivity contribution in [3.63, 3.8) is 0 Å². The Balaban J connectivity index is 2.28. The molecule has 1 aromatic heterocycles. The number of aromatic nitrogens is 2. The predicted molar refractivity (Wildman–Crippen MR) is 67.1 cm³/mol. The monoisotopic (exact) mass is 239 g/mol. The Labute approximate surface area is 103 Å². The van der Waals surface area contributed by atoms with Crippen LogP contribution in [0, 0.1) is 6.92 Å². The molecule has 0 aliphatic carbocycles. The average Bonchev–Trinajstić information content (AvgIpc) is 2.33. The van der Waals surface area contributed by atoms with Crippen LogP contribution in [0.5, 0.6) is 0 Å². The van der Waals surface area contributed by atoms with E-state index in [2.05, 4.69) is 22.2 Å². The number of nitrogens with zero attached hydrogens (tertiary/aromatic N) is 2. The fraction of sp³-hybridized carbons (Fsp3) is 0.667. The van der Waals surface area contributed by atoms with Gasteiger partial charge in [0.05, 0.1) is 13.2 Å². The zero-order chi connectivity index (χ0) is 12.5. The lowest BCUT2D eigenvalue weighted by molar-refractivity contribution is 0.0385. The largest absolute Gasteiger partial charge is 0.379 e. The van der Waals surface area contributed by atoms with Crippen LogP contribution in [0.2, 0.25) is 0 Å². The van der Waals surface area contributed by atoms with Crippen LogP contribution in [0.1, 0.15) is 24.9 Å². The maximum absolute atomic E-state index is 5.44. The Morgan fingerprint density at radius 1 is 1.18 bits per heavy atom. The fourth-order valence-corrected chi connectivity index (χ4v) is 1.35. The first kappa shape index (κ1) is 13.9. The van der Waals surface area contributed by atoms with Crippen molar-refractivity contribution in [3.05, 3.63) is 17.6 Å². The van der Waals surface area contributed by atoms with E-state index in [4.69, 9.17) is 9.47 Å². The summed E-state index contributed by atoms with van der Waals surface area (Å²) in [4.78, 5) is 8.60. The van der Waals surface area contributed by atoms with Gasteiger partial charge in [-0.05, 0) is 13.3 Å². The molecule has 96 valence electrons. The first-order chi connectivity index (χ1) is 8.26. The second-order valence-corrected chi connectivity index (χ2v) is 3.73. The molecular weight excluding hydrogens is 218 g/mol. The average molecular weight is 239 g/mol. The number of hydrogen-bond donors (Lipinski definition) is 1. The van der Waals surface area contributed by atoms with Crippen molar-refractivity contribution in [1.82, 2.24) is 9.97 Å². The lowest BCUT2D eigenvalue weighted by Crippen LogP contribution is -2.08. The van der Waals surface area contributed by atoms with Crippen molar-refractivity contribution in [1.29, 1.82) is 0 Å². The first-order valence-corrected chi connectivity index (χ1v) is 5.94. The molecule has 0 spiro atoms. The third-order valence-corrected chi connectivity index (χ3v) is 2.11. The summed E-state index contributed by atoms with van der Waals surface area (Å²) in [6.07, 6.45) is 1.03. The van der Waals surface area contributed by atoms with E-state index in [1.54, 1.807) is 0 Å². The van der Waals surface area contributed by atoms with Gasteiger partial charge in [0, 0.05) is 25.4 Å². The van der Waals surface area contributed by atoms with E-state index in [0.717, 1.165) is 24.5 Å². The van der Waals surface area contributed by atoms with Gasteiger partial charge < -0.3 is 14.8 Å². The molecule has 1 N–H and O–H groups in total. The van der Waals surface area contributed by atoms with Crippen molar-refractivity contribution >= 4 is 5.82 Å². The molecule has 0 aliphatic heterocycles. The molecule has 0 atom stereocenters. The van der Waals surface area contributed by atoms with Gasteiger partial charge in [0.2, 0.25) is 0 Å². The third kappa shape index (κ3) is 5.60. The Morgan fingerprint density at radius 3 is 2.65 bits per heavy atom. The molecule has 0 saturated heterocycles. The van der Waals surface area contributed by atoms with Crippen molar-refractivity contribution in [2.24, 2.45) is 0 Å². The van der Waals surface area contributed by atoms with Gasteiger partial charge in [-0.1, -0.05) is 6.92 Å². The predicted octanol–water partition coefficient (Wildman–Crippen LogP) is 1.77. The maximum atomic E-state index is 5.44. The standard InChI is InChI=1S/C12H21N3O2/c1-4-5-16-6-7-17-9-12-14-10(2)8-11(13-3)15-12/h8H,4-7,9H2,1-3H3,(H,13,14,15). The molecule has 5 heteroatoms. The molecule has 0 unspecified atom stereocenters. The molecule has 0 aliphatic rings. The third-order valence-electron chi connectivity index (χ3n) is 2.11. The molecule has 0 amide bonds. The molecule has 5 nitrogen and oxygen atoms in total. The van der Waals surface area contributed by atoms with Crippen molar-refractivity contribution in [3.8, 4) is 0 Å². The Kier molecular flexibility index (Phi) is 6.50. The highest BCUT2D eigenvalue weighted by Gasteiger charge is 2.01. The minimum atomic E-state index is 0.422. The van der Waals surface area contributed by atoms with Crippen LogP contribution < -0.4 is 5.32 Å². The second kappa shape index (κ2) is 7.97. The van der Waals surface area contributed by atoms with Gasteiger partial charge in [-0.2, -0.15) is 0 Å². The van der Waals surface area contributed by atoms with Crippen molar-refractivity contribution < 1.29 is 9.47 Å². The topological polar surface area (TPSA) is 56.3 Å². The zero-order valence-corrected chi connectivity index (χ0v) is 10.8. The Bertz CT molecular complexity index is 332. The van der Waals surface area contributed by atoms with Crippen LogP contribution in [-0.2, 0) is 16.1 Å². The summed E-state index contributed by atoms with van der Waals surface area (Å²) in [6.45, 7) is 6.43. The molecule has 0 fully saturated rings. The quantitative estimate of drug-likeness (QED) is 0.701. The van der Waals surface area contributed by atoms with Crippen LogP contribution in [0.4, 0.5) is 5.82 Å². The Morgan fingerprint density at radius 2 is 1.94 bits per heavy atom. The Hall–Kier alpha value is -1.20. The number of aryl methyl sites for hydroxylation is 1. The van der Waals surface area contributed by atoms with Crippen LogP contribution >= 0.6 is 0 Å². The van der Waals surface area contributed by atoms with E-state index < -0.39 is 0 Å². The van der Waals surface area contributed by atoms with Gasteiger partial charge in [0.25, 0.3) is 0 Å².